The predicted octanol–water partition coefficient (Wildman–Crippen LogP) is 2.72. The molecule has 0 spiro atoms. The van der Waals surface area contributed by atoms with Gasteiger partial charge in [0.15, 0.2) is 0 Å². The van der Waals surface area contributed by atoms with Crippen LogP contribution in [0.2, 0.25) is 5.02 Å². The molecule has 0 aliphatic carbocycles. The molecule has 2 N–H and O–H groups in total. The summed E-state index contributed by atoms with van der Waals surface area (Å²) in [6.45, 7) is 3.54. The molecule has 0 saturated carbocycles. The number of nitrogens with one attached hydrogen (secondary N) is 2. The number of carbonyl (C=O) groups excluding carboxylic acids is 1. The number of urea groups is 1. The third kappa shape index (κ3) is 5.38. The summed E-state index contributed by atoms with van der Waals surface area (Å²) in [5.74, 6) is 0. The maximum Gasteiger partial charge on any atom is 0.319 e. The molecular formula is C13H20ClN3O. The van der Waals surface area contributed by atoms with E-state index >= 15 is 0 Å². The minimum atomic E-state index is -0.200. The van der Waals surface area contributed by atoms with Gasteiger partial charge in [0.25, 0.3) is 0 Å². The van der Waals surface area contributed by atoms with Gasteiger partial charge in [-0.05, 0) is 51.7 Å². The molecule has 0 aliphatic heterocycles. The van der Waals surface area contributed by atoms with E-state index in [4.69, 9.17) is 11.6 Å². The summed E-state index contributed by atoms with van der Waals surface area (Å²) in [7, 11) is 4.02. The molecule has 0 radical (unpaired) electrons. The van der Waals surface area contributed by atoms with Crippen LogP contribution in [-0.4, -0.2) is 38.1 Å². The van der Waals surface area contributed by atoms with Gasteiger partial charge in [-0.3, -0.25) is 0 Å². The first kappa shape index (κ1) is 14.8. The third-order valence-corrected chi connectivity index (χ3v) is 2.90. The molecule has 2 amide bonds. The van der Waals surface area contributed by atoms with Crippen molar-refractivity contribution in [3.8, 4) is 0 Å². The van der Waals surface area contributed by atoms with Gasteiger partial charge in [-0.2, -0.15) is 0 Å². The van der Waals surface area contributed by atoms with Crippen molar-refractivity contribution in [2.45, 2.75) is 13.3 Å². The minimum Gasteiger partial charge on any atom is -0.338 e. The van der Waals surface area contributed by atoms with Crippen LogP contribution in [0.5, 0.6) is 0 Å². The molecule has 18 heavy (non-hydrogen) atoms. The number of hydrogen-bond donors (Lipinski definition) is 2. The lowest BCUT2D eigenvalue weighted by Crippen LogP contribution is -2.31. The summed E-state index contributed by atoms with van der Waals surface area (Å²) in [4.78, 5) is 13.7. The Morgan fingerprint density at radius 1 is 1.39 bits per heavy atom. The highest BCUT2D eigenvalue weighted by atomic mass is 35.5. The molecule has 0 atom stereocenters. The largest absolute Gasteiger partial charge is 0.338 e. The van der Waals surface area contributed by atoms with Gasteiger partial charge in [-0.1, -0.05) is 17.7 Å². The summed E-state index contributed by atoms with van der Waals surface area (Å²) in [5, 5.41) is 6.20. The first-order valence-corrected chi connectivity index (χ1v) is 6.32. The zero-order chi connectivity index (χ0) is 13.5. The highest BCUT2D eigenvalue weighted by Gasteiger charge is 2.02. The molecule has 0 unspecified atom stereocenters. The average molecular weight is 270 g/mol. The zero-order valence-electron chi connectivity index (χ0n) is 11.1. The molecule has 1 aromatic carbocycles. The number of benzene rings is 1. The fourth-order valence-electron chi connectivity index (χ4n) is 1.44. The maximum absolute atomic E-state index is 11.6. The summed E-state index contributed by atoms with van der Waals surface area (Å²) in [6, 6.07) is 5.26. The van der Waals surface area contributed by atoms with E-state index in [9.17, 15) is 4.79 Å². The van der Waals surface area contributed by atoms with E-state index in [-0.39, 0.29) is 6.03 Å². The Bertz CT molecular complexity index is 407. The van der Waals surface area contributed by atoms with Gasteiger partial charge in [-0.25, -0.2) is 4.79 Å². The number of nitrogens with zero attached hydrogens (tertiary/aromatic N) is 1. The predicted molar refractivity (Wildman–Crippen MR) is 76.4 cm³/mol. The smallest absolute Gasteiger partial charge is 0.319 e. The molecule has 4 nitrogen and oxygen atoms in total. The molecule has 0 fully saturated rings. The summed E-state index contributed by atoms with van der Waals surface area (Å²) >= 11 is 5.98. The SMILES string of the molecule is Cc1ccc(NC(=O)NCCCN(C)C)cc1Cl. The van der Waals surface area contributed by atoms with Crippen LogP contribution in [-0.2, 0) is 0 Å². The van der Waals surface area contributed by atoms with Gasteiger partial charge in [0.05, 0.1) is 0 Å². The van der Waals surface area contributed by atoms with Crippen LogP contribution in [0.25, 0.3) is 0 Å². The van der Waals surface area contributed by atoms with E-state index in [1.807, 2.05) is 33.2 Å². The molecular weight excluding hydrogens is 250 g/mol. The number of carbonyl (C=O) groups is 1. The number of hydrogen-bond acceptors (Lipinski definition) is 2. The first-order chi connectivity index (χ1) is 8.49. The lowest BCUT2D eigenvalue weighted by Gasteiger charge is -2.11. The van der Waals surface area contributed by atoms with Gasteiger partial charge in [0.2, 0.25) is 0 Å². The Hall–Kier alpha value is -1.26. The van der Waals surface area contributed by atoms with Crippen LogP contribution in [0.1, 0.15) is 12.0 Å². The number of amides is 2. The second-order valence-electron chi connectivity index (χ2n) is 4.50. The second kappa shape index (κ2) is 7.24. The van der Waals surface area contributed by atoms with Crippen molar-refractivity contribution in [2.75, 3.05) is 32.5 Å². The van der Waals surface area contributed by atoms with Crippen molar-refractivity contribution in [1.82, 2.24) is 10.2 Å². The van der Waals surface area contributed by atoms with Crippen LogP contribution >= 0.6 is 11.6 Å². The van der Waals surface area contributed by atoms with Crippen LogP contribution in [0, 0.1) is 6.92 Å². The summed E-state index contributed by atoms with van der Waals surface area (Å²) < 4.78 is 0. The zero-order valence-corrected chi connectivity index (χ0v) is 11.8. The topological polar surface area (TPSA) is 44.4 Å². The van der Waals surface area contributed by atoms with Gasteiger partial charge < -0.3 is 15.5 Å². The van der Waals surface area contributed by atoms with E-state index in [2.05, 4.69) is 15.5 Å². The molecule has 0 aromatic heterocycles. The van der Waals surface area contributed by atoms with Gasteiger partial charge in [0.1, 0.15) is 0 Å². The Morgan fingerprint density at radius 2 is 2.11 bits per heavy atom. The van der Waals surface area contributed by atoms with Gasteiger partial charge in [-0.15, -0.1) is 0 Å². The second-order valence-corrected chi connectivity index (χ2v) is 4.91. The monoisotopic (exact) mass is 269 g/mol. The van der Waals surface area contributed by atoms with E-state index < -0.39 is 0 Å². The van der Waals surface area contributed by atoms with Crippen LogP contribution in [0.4, 0.5) is 10.5 Å². The van der Waals surface area contributed by atoms with E-state index in [0.29, 0.717) is 17.3 Å². The summed E-state index contributed by atoms with van der Waals surface area (Å²) in [5.41, 5.74) is 1.70. The van der Waals surface area contributed by atoms with Gasteiger partial charge in [0, 0.05) is 17.3 Å². The van der Waals surface area contributed by atoms with E-state index in [1.165, 1.54) is 0 Å². The van der Waals surface area contributed by atoms with Crippen molar-refractivity contribution in [2.24, 2.45) is 0 Å². The van der Waals surface area contributed by atoms with Crippen LogP contribution in [0.3, 0.4) is 0 Å². The van der Waals surface area contributed by atoms with Crippen molar-refractivity contribution >= 4 is 23.3 Å². The Morgan fingerprint density at radius 3 is 2.72 bits per heavy atom. The van der Waals surface area contributed by atoms with Crippen molar-refractivity contribution in [3.05, 3.63) is 28.8 Å². The lowest BCUT2D eigenvalue weighted by molar-refractivity contribution is 0.251. The summed E-state index contributed by atoms with van der Waals surface area (Å²) in [6.07, 6.45) is 0.926. The number of halogens is 1. The molecule has 1 rings (SSSR count). The first-order valence-electron chi connectivity index (χ1n) is 5.95. The molecule has 0 heterocycles. The average Bonchev–Trinajstić information content (AvgIpc) is 2.29. The van der Waals surface area contributed by atoms with Crippen molar-refractivity contribution < 1.29 is 4.79 Å². The number of aryl methyl sites for hydroxylation is 1. The highest BCUT2D eigenvalue weighted by molar-refractivity contribution is 6.31. The molecule has 1 aromatic rings. The lowest BCUT2D eigenvalue weighted by atomic mass is 10.2. The Labute approximate surface area is 113 Å². The van der Waals surface area contributed by atoms with Crippen LogP contribution < -0.4 is 10.6 Å². The minimum absolute atomic E-state index is 0.200. The van der Waals surface area contributed by atoms with E-state index in [1.54, 1.807) is 6.07 Å². The van der Waals surface area contributed by atoms with Gasteiger partial charge >= 0.3 is 6.03 Å². The standard InChI is InChI=1S/C13H20ClN3O/c1-10-5-6-11(9-12(10)14)16-13(18)15-7-4-8-17(2)3/h5-6,9H,4,7-8H2,1-3H3,(H2,15,16,18). The van der Waals surface area contributed by atoms with Crippen molar-refractivity contribution in [3.63, 3.8) is 0 Å². The quantitative estimate of drug-likeness (QED) is 0.808. The molecule has 0 bridgehead atoms. The third-order valence-electron chi connectivity index (χ3n) is 2.50. The van der Waals surface area contributed by atoms with Crippen LogP contribution in [0.15, 0.2) is 18.2 Å². The van der Waals surface area contributed by atoms with Crippen molar-refractivity contribution in [1.29, 1.82) is 0 Å². The Balaban J connectivity index is 2.33. The Kier molecular flexibility index (Phi) is 5.95. The van der Waals surface area contributed by atoms with E-state index in [0.717, 1.165) is 18.5 Å². The highest BCUT2D eigenvalue weighted by Crippen LogP contribution is 2.19. The normalized spacial score (nSPS) is 10.5. The maximum atomic E-state index is 11.6. The molecule has 0 aliphatic rings. The molecule has 0 saturated heterocycles. The number of anilines is 1. The fourth-order valence-corrected chi connectivity index (χ4v) is 1.62. The fraction of sp³-hybridized carbons (Fsp3) is 0.462. The number of rotatable bonds is 5. The molecule has 100 valence electrons. The molecule has 5 heteroatoms.